The molecule has 2 aromatic carbocycles. The second kappa shape index (κ2) is 8.11. The number of hydrogen-bond acceptors (Lipinski definition) is 4. The lowest BCUT2D eigenvalue weighted by molar-refractivity contribution is 0.948. The highest BCUT2D eigenvalue weighted by Crippen LogP contribution is 2.27. The van der Waals surface area contributed by atoms with Crippen LogP contribution in [0.25, 0.3) is 11.3 Å². The third-order valence-corrected chi connectivity index (χ3v) is 3.84. The Labute approximate surface area is 148 Å². The van der Waals surface area contributed by atoms with Crippen molar-refractivity contribution in [2.24, 2.45) is 0 Å². The first kappa shape index (κ1) is 16.7. The summed E-state index contributed by atoms with van der Waals surface area (Å²) < 4.78 is 0. The maximum Gasteiger partial charge on any atom is 0.232 e. The van der Waals surface area contributed by atoms with E-state index < -0.39 is 0 Å². The van der Waals surface area contributed by atoms with Gasteiger partial charge in [0.2, 0.25) is 5.95 Å². The zero-order chi connectivity index (χ0) is 17.5. The number of anilines is 3. The van der Waals surface area contributed by atoms with Crippen molar-refractivity contribution < 1.29 is 0 Å². The highest BCUT2D eigenvalue weighted by molar-refractivity contribution is 5.67. The van der Waals surface area contributed by atoms with Crippen LogP contribution < -0.4 is 10.2 Å². The summed E-state index contributed by atoms with van der Waals surface area (Å²) in [5, 5.41) is 3.28. The fourth-order valence-electron chi connectivity index (χ4n) is 2.63. The summed E-state index contributed by atoms with van der Waals surface area (Å²) in [5.41, 5.74) is 3.04. The van der Waals surface area contributed by atoms with Crippen molar-refractivity contribution in [2.45, 2.75) is 6.92 Å². The first-order valence-corrected chi connectivity index (χ1v) is 8.43. The molecule has 3 aromatic rings. The number of nitrogens with zero attached hydrogens (tertiary/aromatic N) is 3. The summed E-state index contributed by atoms with van der Waals surface area (Å²) in [5.74, 6) is 1.47. The second-order valence-electron chi connectivity index (χ2n) is 5.55. The van der Waals surface area contributed by atoms with Crippen molar-refractivity contribution >= 4 is 17.5 Å². The normalized spacial score (nSPS) is 10.3. The topological polar surface area (TPSA) is 41.1 Å². The molecule has 0 amide bonds. The predicted octanol–water partition coefficient (Wildman–Crippen LogP) is 4.90. The van der Waals surface area contributed by atoms with Crippen molar-refractivity contribution in [1.82, 2.24) is 9.97 Å². The molecule has 0 aliphatic heterocycles. The van der Waals surface area contributed by atoms with Crippen LogP contribution in [0, 0.1) is 0 Å². The van der Waals surface area contributed by atoms with E-state index in [-0.39, 0.29) is 0 Å². The van der Waals surface area contributed by atoms with Crippen LogP contribution in [0.4, 0.5) is 17.5 Å². The van der Waals surface area contributed by atoms with Gasteiger partial charge >= 0.3 is 0 Å². The van der Waals surface area contributed by atoms with Crippen molar-refractivity contribution in [2.75, 3.05) is 23.3 Å². The van der Waals surface area contributed by atoms with Crippen LogP contribution in [0.3, 0.4) is 0 Å². The van der Waals surface area contributed by atoms with Crippen molar-refractivity contribution in [1.29, 1.82) is 0 Å². The number of benzene rings is 2. The maximum atomic E-state index is 4.81. The summed E-state index contributed by atoms with van der Waals surface area (Å²) in [6, 6.07) is 22.3. The Morgan fingerprint density at radius 3 is 2.32 bits per heavy atom. The fourth-order valence-corrected chi connectivity index (χ4v) is 2.63. The van der Waals surface area contributed by atoms with E-state index in [1.54, 1.807) is 0 Å². The van der Waals surface area contributed by atoms with Gasteiger partial charge in [0, 0.05) is 30.4 Å². The van der Waals surface area contributed by atoms with Crippen molar-refractivity contribution in [3.8, 4) is 11.3 Å². The monoisotopic (exact) mass is 330 g/mol. The van der Waals surface area contributed by atoms with E-state index in [1.165, 1.54) is 0 Å². The zero-order valence-corrected chi connectivity index (χ0v) is 14.4. The molecule has 4 heteroatoms. The molecule has 126 valence electrons. The summed E-state index contributed by atoms with van der Waals surface area (Å²) in [4.78, 5) is 11.6. The summed E-state index contributed by atoms with van der Waals surface area (Å²) in [6.45, 7) is 7.30. The molecule has 0 unspecified atom stereocenters. The largest absolute Gasteiger partial charge is 0.366 e. The van der Waals surface area contributed by atoms with Gasteiger partial charge in [-0.15, -0.1) is 6.58 Å². The van der Waals surface area contributed by atoms with Gasteiger partial charge in [-0.2, -0.15) is 4.98 Å². The van der Waals surface area contributed by atoms with Gasteiger partial charge in [0.1, 0.15) is 5.82 Å². The molecule has 0 fully saturated rings. The van der Waals surface area contributed by atoms with Crippen LogP contribution in [-0.4, -0.2) is 23.1 Å². The molecule has 1 N–H and O–H groups in total. The molecule has 0 atom stereocenters. The number of aromatic nitrogens is 2. The standard InChI is InChI=1S/C21H22N4/c1-3-15-22-20-16-19(17-11-7-5-8-12-17)23-21(24-20)25(4-2)18-13-9-6-10-14-18/h3,5-14,16H,1,4,15H2,2H3,(H,22,23,24). The third-order valence-electron chi connectivity index (χ3n) is 3.84. The molecule has 0 aliphatic rings. The first-order chi connectivity index (χ1) is 12.3. The quantitative estimate of drug-likeness (QED) is 0.626. The van der Waals surface area contributed by atoms with Crippen LogP contribution in [0.1, 0.15) is 6.92 Å². The Morgan fingerprint density at radius 1 is 1.00 bits per heavy atom. The molecule has 25 heavy (non-hydrogen) atoms. The second-order valence-corrected chi connectivity index (χ2v) is 5.55. The Balaban J connectivity index is 2.06. The minimum Gasteiger partial charge on any atom is -0.366 e. The minimum absolute atomic E-state index is 0.655. The van der Waals surface area contributed by atoms with Crippen molar-refractivity contribution in [3.63, 3.8) is 0 Å². The smallest absolute Gasteiger partial charge is 0.232 e. The van der Waals surface area contributed by atoms with Gasteiger partial charge in [-0.1, -0.05) is 54.6 Å². The molecule has 1 heterocycles. The molecular formula is C21H22N4. The predicted molar refractivity (Wildman–Crippen MR) is 105 cm³/mol. The molecule has 3 rings (SSSR count). The highest BCUT2D eigenvalue weighted by Gasteiger charge is 2.13. The van der Waals surface area contributed by atoms with E-state index in [0.717, 1.165) is 29.3 Å². The van der Waals surface area contributed by atoms with Crippen molar-refractivity contribution in [3.05, 3.63) is 79.4 Å². The van der Waals surface area contributed by atoms with Crippen LogP contribution >= 0.6 is 0 Å². The SMILES string of the molecule is C=CCNc1cc(-c2ccccc2)nc(N(CC)c2ccccc2)n1. The van der Waals surface area contributed by atoms with E-state index in [2.05, 4.69) is 48.0 Å². The average Bonchev–Trinajstić information content (AvgIpc) is 2.68. The maximum absolute atomic E-state index is 4.81. The minimum atomic E-state index is 0.655. The highest BCUT2D eigenvalue weighted by atomic mass is 15.3. The van der Waals surface area contributed by atoms with Crippen LogP contribution in [-0.2, 0) is 0 Å². The van der Waals surface area contributed by atoms with Gasteiger partial charge in [-0.05, 0) is 19.1 Å². The number of hydrogen-bond donors (Lipinski definition) is 1. The molecule has 0 radical (unpaired) electrons. The van der Waals surface area contributed by atoms with Crippen LogP contribution in [0.2, 0.25) is 0 Å². The van der Waals surface area contributed by atoms with Gasteiger partial charge in [-0.25, -0.2) is 4.98 Å². The van der Waals surface area contributed by atoms with Crippen LogP contribution in [0.15, 0.2) is 79.4 Å². The Kier molecular flexibility index (Phi) is 5.42. The zero-order valence-electron chi connectivity index (χ0n) is 14.4. The molecular weight excluding hydrogens is 308 g/mol. The fraction of sp³-hybridized carbons (Fsp3) is 0.143. The van der Waals surface area contributed by atoms with E-state index in [0.29, 0.717) is 12.5 Å². The number of nitrogens with one attached hydrogen (secondary N) is 1. The van der Waals surface area contributed by atoms with E-state index >= 15 is 0 Å². The van der Waals surface area contributed by atoms with Gasteiger partial charge < -0.3 is 10.2 Å². The molecule has 0 aliphatic carbocycles. The third kappa shape index (κ3) is 4.04. The molecule has 0 saturated carbocycles. The Bertz CT molecular complexity index is 816. The van der Waals surface area contributed by atoms with Gasteiger partial charge in [-0.3, -0.25) is 0 Å². The molecule has 0 saturated heterocycles. The van der Waals surface area contributed by atoms with E-state index in [9.17, 15) is 0 Å². The number of rotatable bonds is 7. The summed E-state index contributed by atoms with van der Waals surface area (Å²) in [7, 11) is 0. The lowest BCUT2D eigenvalue weighted by Gasteiger charge is -2.22. The first-order valence-electron chi connectivity index (χ1n) is 8.43. The Morgan fingerprint density at radius 2 is 1.68 bits per heavy atom. The molecule has 4 nitrogen and oxygen atoms in total. The molecule has 1 aromatic heterocycles. The van der Waals surface area contributed by atoms with Gasteiger partial charge in [0.05, 0.1) is 5.69 Å². The summed E-state index contributed by atoms with van der Waals surface area (Å²) in [6.07, 6.45) is 1.82. The summed E-state index contributed by atoms with van der Waals surface area (Å²) >= 11 is 0. The van der Waals surface area contributed by atoms with Crippen LogP contribution in [0.5, 0.6) is 0 Å². The average molecular weight is 330 g/mol. The lowest BCUT2D eigenvalue weighted by atomic mass is 10.1. The molecule has 0 spiro atoms. The molecule has 0 bridgehead atoms. The number of para-hydroxylation sites is 1. The van der Waals surface area contributed by atoms with E-state index in [1.807, 2.05) is 48.5 Å². The van der Waals surface area contributed by atoms with Gasteiger partial charge in [0.25, 0.3) is 0 Å². The Hall–Kier alpha value is -3.14. The van der Waals surface area contributed by atoms with Gasteiger partial charge in [0.15, 0.2) is 0 Å². The van der Waals surface area contributed by atoms with E-state index in [4.69, 9.17) is 9.97 Å². The lowest BCUT2D eigenvalue weighted by Crippen LogP contribution is -2.19.